The van der Waals surface area contributed by atoms with Crippen molar-refractivity contribution in [3.05, 3.63) is 59.6 Å². The van der Waals surface area contributed by atoms with Gasteiger partial charge in [0.15, 0.2) is 4.90 Å². The summed E-state index contributed by atoms with van der Waals surface area (Å²) in [6.07, 6.45) is 2.15. The number of hydrogen-bond acceptors (Lipinski definition) is 5. The third kappa shape index (κ3) is 3.83. The predicted octanol–water partition coefficient (Wildman–Crippen LogP) is 3.85. The molecule has 0 aromatic heterocycles. The molecule has 0 N–H and O–H groups in total. The smallest absolute Gasteiger partial charge is 0.343 e. The zero-order valence-corrected chi connectivity index (χ0v) is 14.9. The lowest BCUT2D eigenvalue weighted by Crippen LogP contribution is -2.12. The van der Waals surface area contributed by atoms with Crippen LogP contribution in [0.5, 0.6) is 17.2 Å². The highest BCUT2D eigenvalue weighted by Crippen LogP contribution is 2.36. The molecule has 0 amide bonds. The van der Waals surface area contributed by atoms with Crippen LogP contribution in [0, 0.1) is 0 Å². The summed E-state index contributed by atoms with van der Waals surface area (Å²) >= 11 is 6.01. The summed E-state index contributed by atoms with van der Waals surface area (Å²) in [4.78, 5) is -0.167. The number of para-hydroxylation sites is 1. The molecule has 0 atom stereocenters. The van der Waals surface area contributed by atoms with Crippen molar-refractivity contribution in [1.82, 2.24) is 0 Å². The molecule has 7 heteroatoms. The third-order valence-electron chi connectivity index (χ3n) is 3.24. The normalized spacial score (nSPS) is 11.0. The molecule has 0 saturated heterocycles. The topological polar surface area (TPSA) is 61.8 Å². The molecule has 0 aliphatic heterocycles. The summed E-state index contributed by atoms with van der Waals surface area (Å²) in [5.74, 6) is 0.509. The van der Waals surface area contributed by atoms with Crippen LogP contribution in [0.3, 0.4) is 0 Å². The van der Waals surface area contributed by atoms with E-state index >= 15 is 0 Å². The van der Waals surface area contributed by atoms with E-state index in [0.29, 0.717) is 12.0 Å². The number of benzene rings is 2. The molecule has 128 valence electrons. The lowest BCUT2D eigenvalue weighted by atomic mass is 10.1. The van der Waals surface area contributed by atoms with Gasteiger partial charge in [0.05, 0.1) is 19.2 Å². The van der Waals surface area contributed by atoms with Gasteiger partial charge in [0.1, 0.15) is 17.2 Å². The van der Waals surface area contributed by atoms with Crippen LogP contribution in [0.2, 0.25) is 5.02 Å². The molecular formula is C17H17ClO5S. The summed E-state index contributed by atoms with van der Waals surface area (Å²) in [7, 11) is -1.40. The van der Waals surface area contributed by atoms with Gasteiger partial charge in [-0.05, 0) is 18.1 Å². The van der Waals surface area contributed by atoms with E-state index in [4.69, 9.17) is 25.3 Å². The molecule has 0 unspecified atom stereocenters. The molecule has 0 saturated carbocycles. The monoisotopic (exact) mass is 368 g/mol. The van der Waals surface area contributed by atoms with Gasteiger partial charge < -0.3 is 13.7 Å². The number of ether oxygens (including phenoxy) is 2. The lowest BCUT2D eigenvalue weighted by molar-refractivity contribution is 0.388. The quantitative estimate of drug-likeness (QED) is 0.548. The molecular weight excluding hydrogens is 352 g/mol. The van der Waals surface area contributed by atoms with E-state index in [1.54, 1.807) is 30.3 Å². The second kappa shape index (κ2) is 7.59. The van der Waals surface area contributed by atoms with Crippen LogP contribution >= 0.6 is 11.6 Å². The highest BCUT2D eigenvalue weighted by molar-refractivity contribution is 7.87. The van der Waals surface area contributed by atoms with Crippen molar-refractivity contribution < 1.29 is 22.1 Å². The Morgan fingerprint density at radius 2 is 1.75 bits per heavy atom. The molecule has 0 spiro atoms. The first-order valence-electron chi connectivity index (χ1n) is 6.97. The molecule has 2 aromatic rings. The molecule has 0 aliphatic rings. The van der Waals surface area contributed by atoms with Crippen LogP contribution in [0.15, 0.2) is 53.9 Å². The van der Waals surface area contributed by atoms with Gasteiger partial charge in [0.25, 0.3) is 0 Å². The molecule has 2 rings (SSSR count). The first-order valence-corrected chi connectivity index (χ1v) is 8.76. The number of methoxy groups -OCH3 is 2. The summed E-state index contributed by atoms with van der Waals surface area (Å²) < 4.78 is 40.9. The first-order chi connectivity index (χ1) is 11.4. The molecule has 5 nitrogen and oxygen atoms in total. The van der Waals surface area contributed by atoms with E-state index in [-0.39, 0.29) is 27.2 Å². The molecule has 2 aromatic carbocycles. The maximum absolute atomic E-state index is 12.7. The van der Waals surface area contributed by atoms with Gasteiger partial charge in [-0.25, -0.2) is 0 Å². The molecule has 24 heavy (non-hydrogen) atoms. The minimum atomic E-state index is -4.14. The minimum Gasteiger partial charge on any atom is -0.495 e. The fourth-order valence-electron chi connectivity index (χ4n) is 2.10. The van der Waals surface area contributed by atoms with Gasteiger partial charge in [0, 0.05) is 12.1 Å². The Labute approximate surface area is 146 Å². The fraction of sp³-hybridized carbons (Fsp3) is 0.176. The fourth-order valence-corrected chi connectivity index (χ4v) is 3.46. The largest absolute Gasteiger partial charge is 0.495 e. The second-order valence-electron chi connectivity index (χ2n) is 4.78. The van der Waals surface area contributed by atoms with Crippen molar-refractivity contribution in [2.24, 2.45) is 0 Å². The molecule has 0 heterocycles. The highest BCUT2D eigenvalue weighted by atomic mass is 35.5. The van der Waals surface area contributed by atoms with Crippen LogP contribution in [0.4, 0.5) is 0 Å². The van der Waals surface area contributed by atoms with Crippen LogP contribution in [-0.2, 0) is 16.5 Å². The van der Waals surface area contributed by atoms with Gasteiger partial charge in [0.2, 0.25) is 0 Å². The number of allylic oxidation sites excluding steroid dienone is 1. The standard InChI is InChI=1S/C17H17ClO5S/c1-4-7-12-8-5-6-9-14(12)23-24(19,20)17-11-15(21-2)13(18)10-16(17)22-3/h4-6,8-11H,1,7H2,2-3H3. The first kappa shape index (κ1) is 18.2. The Hall–Kier alpha value is -2.18. The Balaban J connectivity index is 2.50. The van der Waals surface area contributed by atoms with Crippen LogP contribution < -0.4 is 13.7 Å². The van der Waals surface area contributed by atoms with E-state index in [2.05, 4.69) is 6.58 Å². The highest BCUT2D eigenvalue weighted by Gasteiger charge is 2.25. The Kier molecular flexibility index (Phi) is 5.75. The SMILES string of the molecule is C=CCc1ccccc1OS(=O)(=O)c1cc(OC)c(Cl)cc1OC. The van der Waals surface area contributed by atoms with Gasteiger partial charge in [-0.3, -0.25) is 0 Å². The van der Waals surface area contributed by atoms with Crippen LogP contribution in [-0.4, -0.2) is 22.6 Å². The van der Waals surface area contributed by atoms with Crippen molar-refractivity contribution in [2.45, 2.75) is 11.3 Å². The molecule has 0 bridgehead atoms. The van der Waals surface area contributed by atoms with Crippen molar-refractivity contribution in [2.75, 3.05) is 14.2 Å². The zero-order valence-electron chi connectivity index (χ0n) is 13.3. The average molecular weight is 369 g/mol. The van der Waals surface area contributed by atoms with Crippen molar-refractivity contribution >= 4 is 21.7 Å². The molecule has 0 radical (unpaired) electrons. The lowest BCUT2D eigenvalue weighted by Gasteiger charge is -2.14. The molecule has 0 aliphatic carbocycles. The summed E-state index contributed by atoms with van der Waals surface area (Å²) in [6.45, 7) is 3.66. The van der Waals surface area contributed by atoms with E-state index in [9.17, 15) is 8.42 Å². The van der Waals surface area contributed by atoms with Crippen molar-refractivity contribution in [1.29, 1.82) is 0 Å². The van der Waals surface area contributed by atoms with Crippen LogP contribution in [0.1, 0.15) is 5.56 Å². The van der Waals surface area contributed by atoms with Crippen molar-refractivity contribution in [3.8, 4) is 17.2 Å². The van der Waals surface area contributed by atoms with E-state index in [1.165, 1.54) is 26.4 Å². The summed E-state index contributed by atoms with van der Waals surface area (Å²) in [6, 6.07) is 9.47. The Morgan fingerprint density at radius 1 is 1.08 bits per heavy atom. The number of hydrogen-bond donors (Lipinski definition) is 0. The maximum atomic E-state index is 12.7. The molecule has 0 fully saturated rings. The average Bonchev–Trinajstić information content (AvgIpc) is 2.56. The second-order valence-corrected chi connectivity index (χ2v) is 6.70. The van der Waals surface area contributed by atoms with E-state index in [1.807, 2.05) is 0 Å². The number of rotatable bonds is 7. The number of halogens is 1. The Bertz CT molecular complexity index is 846. The predicted molar refractivity (Wildman–Crippen MR) is 92.7 cm³/mol. The third-order valence-corrected chi connectivity index (χ3v) is 4.80. The summed E-state index contributed by atoms with van der Waals surface area (Å²) in [5.41, 5.74) is 0.705. The Morgan fingerprint density at radius 3 is 2.38 bits per heavy atom. The van der Waals surface area contributed by atoms with Crippen LogP contribution in [0.25, 0.3) is 0 Å². The van der Waals surface area contributed by atoms with Gasteiger partial charge in [-0.15, -0.1) is 6.58 Å². The van der Waals surface area contributed by atoms with Crippen molar-refractivity contribution in [3.63, 3.8) is 0 Å². The summed E-state index contributed by atoms with van der Waals surface area (Å²) in [5, 5.41) is 0.236. The minimum absolute atomic E-state index is 0.0713. The maximum Gasteiger partial charge on any atom is 0.343 e. The van der Waals surface area contributed by atoms with E-state index < -0.39 is 10.1 Å². The van der Waals surface area contributed by atoms with Gasteiger partial charge in [-0.1, -0.05) is 35.9 Å². The zero-order chi connectivity index (χ0) is 17.7. The van der Waals surface area contributed by atoms with Gasteiger partial charge >= 0.3 is 10.1 Å². The van der Waals surface area contributed by atoms with Gasteiger partial charge in [-0.2, -0.15) is 8.42 Å². The van der Waals surface area contributed by atoms with E-state index in [0.717, 1.165) is 0 Å².